The van der Waals surface area contributed by atoms with Crippen LogP contribution in [-0.4, -0.2) is 7.05 Å². The van der Waals surface area contributed by atoms with Gasteiger partial charge in [0, 0.05) is 13.1 Å². The van der Waals surface area contributed by atoms with Crippen molar-refractivity contribution in [3.05, 3.63) is 65.4 Å². The summed E-state index contributed by atoms with van der Waals surface area (Å²) in [6.45, 7) is 4.60. The molecule has 3 aromatic carbocycles. The van der Waals surface area contributed by atoms with E-state index in [4.69, 9.17) is 0 Å². The molecule has 2 heterocycles. The van der Waals surface area contributed by atoms with Crippen molar-refractivity contribution in [2.45, 2.75) is 51.9 Å². The van der Waals surface area contributed by atoms with E-state index in [2.05, 4.69) is 86.1 Å². The highest BCUT2D eigenvalue weighted by atomic mass is 15.1. The third kappa shape index (κ3) is 2.60. The molecule has 156 valence electrons. The Morgan fingerprint density at radius 3 is 2.35 bits per heavy atom. The molecule has 2 nitrogen and oxygen atoms in total. The van der Waals surface area contributed by atoms with Gasteiger partial charge < -0.3 is 4.90 Å². The van der Waals surface area contributed by atoms with Crippen LogP contribution < -0.4 is 9.47 Å². The Morgan fingerprint density at radius 1 is 0.903 bits per heavy atom. The summed E-state index contributed by atoms with van der Waals surface area (Å²) in [6.07, 6.45) is 9.07. The van der Waals surface area contributed by atoms with Crippen molar-refractivity contribution in [1.29, 1.82) is 0 Å². The fraction of sp³-hybridized carbons (Fsp3) is 0.345. The number of nitrogens with zero attached hydrogens (tertiary/aromatic N) is 2. The highest BCUT2D eigenvalue weighted by Gasteiger charge is 2.33. The Labute approximate surface area is 185 Å². The lowest BCUT2D eigenvalue weighted by Crippen LogP contribution is -2.33. The molecule has 0 radical (unpaired) electrons. The largest absolute Gasteiger partial charge is 0.343 e. The third-order valence-electron chi connectivity index (χ3n) is 7.95. The van der Waals surface area contributed by atoms with E-state index in [9.17, 15) is 0 Å². The molecule has 0 bridgehead atoms. The van der Waals surface area contributed by atoms with Crippen LogP contribution in [0.3, 0.4) is 0 Å². The van der Waals surface area contributed by atoms with Gasteiger partial charge in [-0.1, -0.05) is 49.6 Å². The molecule has 6 rings (SSSR count). The van der Waals surface area contributed by atoms with Crippen LogP contribution in [0.1, 0.15) is 54.7 Å². The van der Waals surface area contributed by atoms with E-state index in [-0.39, 0.29) is 0 Å². The van der Waals surface area contributed by atoms with E-state index >= 15 is 0 Å². The lowest BCUT2D eigenvalue weighted by molar-refractivity contribution is -0.659. The summed E-state index contributed by atoms with van der Waals surface area (Å²) >= 11 is 0. The van der Waals surface area contributed by atoms with Crippen molar-refractivity contribution in [1.82, 2.24) is 0 Å². The lowest BCUT2D eigenvalue weighted by Gasteiger charge is -2.33. The Morgan fingerprint density at radius 2 is 1.61 bits per heavy atom. The zero-order chi connectivity index (χ0) is 21.3. The van der Waals surface area contributed by atoms with Crippen molar-refractivity contribution in [2.75, 3.05) is 11.9 Å². The number of aryl methyl sites for hydroxylation is 3. The van der Waals surface area contributed by atoms with E-state index in [1.54, 1.807) is 0 Å². The maximum absolute atomic E-state index is 2.51. The number of aromatic nitrogens is 1. The highest BCUT2D eigenvalue weighted by Crippen LogP contribution is 2.51. The molecule has 0 spiro atoms. The average molecular weight is 408 g/mol. The lowest BCUT2D eigenvalue weighted by atomic mass is 9.81. The van der Waals surface area contributed by atoms with Gasteiger partial charge in [-0.15, -0.1) is 0 Å². The van der Waals surface area contributed by atoms with Crippen molar-refractivity contribution in [3.63, 3.8) is 0 Å². The average Bonchev–Trinajstić information content (AvgIpc) is 2.81. The van der Waals surface area contributed by atoms with Crippen LogP contribution in [0.25, 0.3) is 32.8 Å². The van der Waals surface area contributed by atoms with Crippen molar-refractivity contribution in [3.8, 4) is 11.3 Å². The van der Waals surface area contributed by atoms with Crippen molar-refractivity contribution < 1.29 is 4.57 Å². The summed E-state index contributed by atoms with van der Waals surface area (Å²) in [5.41, 5.74) is 9.79. The molecule has 4 aromatic rings. The first-order valence-electron chi connectivity index (χ1n) is 11.8. The van der Waals surface area contributed by atoms with Crippen LogP contribution in [0.5, 0.6) is 0 Å². The van der Waals surface area contributed by atoms with Gasteiger partial charge in [0.25, 0.3) is 0 Å². The van der Waals surface area contributed by atoms with Crippen molar-refractivity contribution >= 4 is 32.9 Å². The summed E-state index contributed by atoms with van der Waals surface area (Å²) in [4.78, 5) is 2.48. The molecule has 2 heteroatoms. The van der Waals surface area contributed by atoms with Gasteiger partial charge in [-0.05, 0) is 71.5 Å². The molecule has 31 heavy (non-hydrogen) atoms. The number of fused-ring (bicyclic) bond motifs is 3. The summed E-state index contributed by atoms with van der Waals surface area (Å²) in [6, 6.07) is 16.2. The van der Waals surface area contributed by atoms with Crippen LogP contribution in [0, 0.1) is 13.8 Å². The molecule has 0 amide bonds. The second-order valence-corrected chi connectivity index (χ2v) is 9.69. The molecular formula is C29H31N2+. The maximum Gasteiger partial charge on any atom is 0.224 e. The molecule has 1 fully saturated rings. The van der Waals surface area contributed by atoms with Crippen LogP contribution in [0.15, 0.2) is 48.7 Å². The molecule has 0 atom stereocenters. The standard InChI is InChI=1S/C29H31N2/c1-18-23-12-8-9-13-24(23)19(2)28-26(18)29-27-21(14-15-30(29)3)16-22(17-25(27)31(28)4)20-10-6-5-7-11-20/h8-9,12-17,20H,5-7,10-11H2,1-4H3/q+1. The van der Waals surface area contributed by atoms with Crippen molar-refractivity contribution in [2.24, 2.45) is 7.05 Å². The number of rotatable bonds is 1. The van der Waals surface area contributed by atoms with Crippen LogP contribution in [0.2, 0.25) is 0 Å². The van der Waals surface area contributed by atoms with Gasteiger partial charge >= 0.3 is 0 Å². The second-order valence-electron chi connectivity index (χ2n) is 9.69. The van der Waals surface area contributed by atoms with E-state index < -0.39 is 0 Å². The fourth-order valence-corrected chi connectivity index (χ4v) is 6.34. The number of hydrogen-bond acceptors (Lipinski definition) is 1. The SMILES string of the molecule is Cc1c2c(c(C)c3ccccc13)N(C)c1cc(C3CCCCC3)cc3cc[n+](C)c-2c13. The topological polar surface area (TPSA) is 7.12 Å². The first-order valence-corrected chi connectivity index (χ1v) is 11.8. The fourth-order valence-electron chi connectivity index (χ4n) is 6.34. The Kier molecular flexibility index (Phi) is 4.15. The van der Waals surface area contributed by atoms with Gasteiger partial charge in [-0.2, -0.15) is 0 Å². The van der Waals surface area contributed by atoms with Gasteiger partial charge in [0.2, 0.25) is 5.69 Å². The molecule has 0 N–H and O–H groups in total. The quantitative estimate of drug-likeness (QED) is 0.302. The molecule has 1 saturated carbocycles. The van der Waals surface area contributed by atoms with Crippen LogP contribution >= 0.6 is 0 Å². The Balaban J connectivity index is 1.72. The third-order valence-corrected chi connectivity index (χ3v) is 7.95. The minimum atomic E-state index is 0.709. The first kappa shape index (κ1) is 18.9. The normalized spacial score (nSPS) is 16.2. The smallest absolute Gasteiger partial charge is 0.224 e. The monoisotopic (exact) mass is 407 g/mol. The minimum absolute atomic E-state index is 0.709. The van der Waals surface area contributed by atoms with Crippen LogP contribution in [-0.2, 0) is 7.05 Å². The molecule has 2 aliphatic rings. The zero-order valence-corrected chi connectivity index (χ0v) is 19.1. The van der Waals surface area contributed by atoms with Gasteiger partial charge in [0.15, 0.2) is 6.20 Å². The number of benzene rings is 3. The van der Waals surface area contributed by atoms with E-state index in [1.165, 1.54) is 93.0 Å². The van der Waals surface area contributed by atoms with E-state index in [0.29, 0.717) is 5.92 Å². The summed E-state index contributed by atoms with van der Waals surface area (Å²) in [5, 5.41) is 5.52. The number of hydrogen-bond donors (Lipinski definition) is 0. The summed E-state index contributed by atoms with van der Waals surface area (Å²) < 4.78 is 2.33. The molecular weight excluding hydrogens is 376 g/mol. The second kappa shape index (κ2) is 6.82. The maximum atomic E-state index is 2.51. The summed E-state index contributed by atoms with van der Waals surface area (Å²) in [7, 11) is 4.47. The molecule has 1 aliphatic carbocycles. The highest BCUT2D eigenvalue weighted by molar-refractivity contribution is 6.14. The van der Waals surface area contributed by atoms with Gasteiger partial charge in [-0.3, -0.25) is 0 Å². The first-order chi connectivity index (χ1) is 15.1. The Bertz CT molecular complexity index is 1360. The number of pyridine rings is 1. The van der Waals surface area contributed by atoms with Crippen LogP contribution in [0.4, 0.5) is 11.4 Å². The van der Waals surface area contributed by atoms with E-state index in [0.717, 1.165) is 0 Å². The Hall–Kier alpha value is -2.87. The zero-order valence-electron chi connectivity index (χ0n) is 19.1. The predicted octanol–water partition coefficient (Wildman–Crippen LogP) is 7.23. The van der Waals surface area contributed by atoms with Gasteiger partial charge in [-0.25, -0.2) is 4.57 Å². The number of anilines is 2. The molecule has 1 aromatic heterocycles. The summed E-state index contributed by atoms with van der Waals surface area (Å²) in [5.74, 6) is 0.709. The van der Waals surface area contributed by atoms with Gasteiger partial charge in [0.1, 0.15) is 7.05 Å². The predicted molar refractivity (Wildman–Crippen MR) is 131 cm³/mol. The molecule has 0 unspecified atom stereocenters. The van der Waals surface area contributed by atoms with Gasteiger partial charge in [0.05, 0.1) is 22.3 Å². The minimum Gasteiger partial charge on any atom is -0.343 e. The van der Waals surface area contributed by atoms with E-state index in [1.807, 2.05) is 0 Å². The molecule has 0 saturated heterocycles. The molecule has 1 aliphatic heterocycles.